The molecule has 138 valence electrons. The Morgan fingerprint density at radius 2 is 1.22 bits per heavy atom. The lowest BCUT2D eigenvalue weighted by Gasteiger charge is -2.57. The maximum absolute atomic E-state index is 6.61. The summed E-state index contributed by atoms with van der Waals surface area (Å²) in [7, 11) is 3.60. The average Bonchev–Trinajstić information content (AvgIpc) is 2.34. The normalized spacial score (nSPS) is 33.8. The fourth-order valence-electron chi connectivity index (χ4n) is 4.38. The van der Waals surface area contributed by atoms with E-state index in [1.807, 2.05) is 7.11 Å². The van der Waals surface area contributed by atoms with Crippen LogP contribution in [0.15, 0.2) is 0 Å². The second-order valence-electron chi connectivity index (χ2n) is 10.4. The molecule has 0 aliphatic carbocycles. The highest BCUT2D eigenvalue weighted by Crippen LogP contribution is 2.52. The molecule has 1 rings (SSSR count). The number of ether oxygens (including phenoxy) is 3. The van der Waals surface area contributed by atoms with E-state index < -0.39 is 0 Å². The van der Waals surface area contributed by atoms with Gasteiger partial charge in [0.1, 0.15) is 0 Å². The highest BCUT2D eigenvalue weighted by molar-refractivity contribution is 5.03. The number of rotatable bonds is 3. The van der Waals surface area contributed by atoms with Gasteiger partial charge < -0.3 is 14.2 Å². The Bertz CT molecular complexity index is 370. The second kappa shape index (κ2) is 7.01. The molecule has 0 bridgehead atoms. The van der Waals surface area contributed by atoms with Gasteiger partial charge in [-0.05, 0) is 28.1 Å². The van der Waals surface area contributed by atoms with Crippen LogP contribution in [0.4, 0.5) is 0 Å². The SMILES string of the molecule is COCC1O[C@@H](C(C)(C)C)C(OC)[C@@H](C(C)(C)C)[C@@H]1C(C)(C)C. The minimum absolute atomic E-state index is 0.0268. The Labute approximate surface area is 144 Å². The van der Waals surface area contributed by atoms with E-state index in [0.29, 0.717) is 18.4 Å². The van der Waals surface area contributed by atoms with Gasteiger partial charge in [-0.2, -0.15) is 0 Å². The lowest BCUT2D eigenvalue weighted by atomic mass is 9.57. The van der Waals surface area contributed by atoms with Gasteiger partial charge in [0.05, 0.1) is 24.9 Å². The zero-order valence-corrected chi connectivity index (χ0v) is 17.3. The first-order chi connectivity index (χ1) is 10.2. The van der Waals surface area contributed by atoms with Crippen molar-refractivity contribution < 1.29 is 14.2 Å². The van der Waals surface area contributed by atoms with Crippen LogP contribution in [-0.2, 0) is 14.2 Å². The molecular weight excluding hydrogens is 288 g/mol. The third-order valence-corrected chi connectivity index (χ3v) is 5.22. The monoisotopic (exact) mass is 328 g/mol. The molecule has 1 fully saturated rings. The van der Waals surface area contributed by atoms with Crippen molar-refractivity contribution in [3.8, 4) is 0 Å². The summed E-state index contributed by atoms with van der Waals surface area (Å²) >= 11 is 0. The molecule has 1 saturated heterocycles. The molecule has 1 aliphatic heterocycles. The highest BCUT2D eigenvalue weighted by atomic mass is 16.6. The van der Waals surface area contributed by atoms with Gasteiger partial charge in [-0.1, -0.05) is 62.3 Å². The largest absolute Gasteiger partial charge is 0.382 e. The standard InChI is InChI=1S/C20H40O3/c1-18(2,3)14-13(12-21-10)23-17(20(7,8)9)16(22-11)15(14)19(4,5)6/h13-17H,12H2,1-11H3/t13?,14-,15+,16?,17-/m1/s1. The summed E-state index contributed by atoms with van der Waals surface area (Å²) in [6.07, 6.45) is 0.252. The number of methoxy groups -OCH3 is 2. The summed E-state index contributed by atoms with van der Waals surface area (Å²) in [5, 5.41) is 0. The Morgan fingerprint density at radius 3 is 1.52 bits per heavy atom. The number of hydrogen-bond acceptors (Lipinski definition) is 3. The molecule has 0 aromatic rings. The first-order valence-electron chi connectivity index (χ1n) is 8.92. The van der Waals surface area contributed by atoms with E-state index in [1.54, 1.807) is 7.11 Å². The fourth-order valence-corrected chi connectivity index (χ4v) is 4.38. The molecule has 0 N–H and O–H groups in total. The molecule has 3 nitrogen and oxygen atoms in total. The van der Waals surface area contributed by atoms with Crippen molar-refractivity contribution in [1.82, 2.24) is 0 Å². The quantitative estimate of drug-likeness (QED) is 0.746. The maximum atomic E-state index is 6.61. The molecule has 2 unspecified atom stereocenters. The minimum Gasteiger partial charge on any atom is -0.382 e. The second-order valence-corrected chi connectivity index (χ2v) is 10.4. The smallest absolute Gasteiger partial charge is 0.0892 e. The summed E-state index contributed by atoms with van der Waals surface area (Å²) in [5.74, 6) is 0.789. The van der Waals surface area contributed by atoms with Gasteiger partial charge >= 0.3 is 0 Å². The molecule has 1 heterocycles. The van der Waals surface area contributed by atoms with Gasteiger partial charge in [0.2, 0.25) is 0 Å². The van der Waals surface area contributed by atoms with Crippen LogP contribution >= 0.6 is 0 Å². The molecule has 0 spiro atoms. The van der Waals surface area contributed by atoms with Crippen molar-refractivity contribution in [3.63, 3.8) is 0 Å². The van der Waals surface area contributed by atoms with Gasteiger partial charge in [-0.25, -0.2) is 0 Å². The van der Waals surface area contributed by atoms with Gasteiger partial charge in [0, 0.05) is 14.2 Å². The summed E-state index contributed by atoms with van der Waals surface area (Å²) in [4.78, 5) is 0. The predicted molar refractivity (Wildman–Crippen MR) is 96.7 cm³/mol. The van der Waals surface area contributed by atoms with Crippen LogP contribution in [-0.4, -0.2) is 39.1 Å². The zero-order chi connectivity index (χ0) is 18.2. The summed E-state index contributed by atoms with van der Waals surface area (Å²) in [6.45, 7) is 21.3. The van der Waals surface area contributed by atoms with Crippen LogP contribution in [0.2, 0.25) is 0 Å². The third-order valence-electron chi connectivity index (χ3n) is 5.22. The van der Waals surface area contributed by atoms with E-state index in [4.69, 9.17) is 14.2 Å². The van der Waals surface area contributed by atoms with Crippen LogP contribution < -0.4 is 0 Å². The van der Waals surface area contributed by atoms with Crippen LogP contribution in [0, 0.1) is 28.1 Å². The number of hydrogen-bond donors (Lipinski definition) is 0. The molecule has 0 aromatic carbocycles. The molecule has 23 heavy (non-hydrogen) atoms. The molecule has 1 aliphatic rings. The van der Waals surface area contributed by atoms with Crippen molar-refractivity contribution in [2.24, 2.45) is 28.1 Å². The van der Waals surface area contributed by atoms with Crippen LogP contribution in [0.25, 0.3) is 0 Å². The van der Waals surface area contributed by atoms with Crippen molar-refractivity contribution in [2.75, 3.05) is 20.8 Å². The Morgan fingerprint density at radius 1 is 0.739 bits per heavy atom. The molecule has 0 saturated carbocycles. The highest BCUT2D eigenvalue weighted by Gasteiger charge is 2.56. The van der Waals surface area contributed by atoms with E-state index in [0.717, 1.165) is 0 Å². The van der Waals surface area contributed by atoms with E-state index in [-0.39, 0.29) is 34.6 Å². The lowest BCUT2D eigenvalue weighted by Crippen LogP contribution is -2.62. The van der Waals surface area contributed by atoms with E-state index in [1.165, 1.54) is 0 Å². The summed E-state index contributed by atoms with van der Waals surface area (Å²) < 4.78 is 18.2. The van der Waals surface area contributed by atoms with E-state index >= 15 is 0 Å². The lowest BCUT2D eigenvalue weighted by molar-refractivity contribution is -0.257. The molecule has 0 aromatic heterocycles. The first-order valence-corrected chi connectivity index (χ1v) is 8.92. The fraction of sp³-hybridized carbons (Fsp3) is 1.00. The zero-order valence-electron chi connectivity index (χ0n) is 17.3. The van der Waals surface area contributed by atoms with Crippen LogP contribution in [0.5, 0.6) is 0 Å². The van der Waals surface area contributed by atoms with Crippen molar-refractivity contribution in [3.05, 3.63) is 0 Å². The molecule has 0 amide bonds. The van der Waals surface area contributed by atoms with Crippen LogP contribution in [0.3, 0.4) is 0 Å². The average molecular weight is 329 g/mol. The van der Waals surface area contributed by atoms with Gasteiger partial charge in [-0.3, -0.25) is 0 Å². The van der Waals surface area contributed by atoms with Crippen molar-refractivity contribution >= 4 is 0 Å². The first kappa shape index (κ1) is 20.9. The minimum atomic E-state index is 0.0268. The van der Waals surface area contributed by atoms with Crippen LogP contribution in [0.1, 0.15) is 62.3 Å². The molecule has 0 radical (unpaired) electrons. The molecular formula is C20H40O3. The molecule has 5 atom stereocenters. The van der Waals surface area contributed by atoms with Crippen molar-refractivity contribution in [2.45, 2.75) is 80.6 Å². The Balaban J connectivity index is 3.42. The van der Waals surface area contributed by atoms with Crippen molar-refractivity contribution in [1.29, 1.82) is 0 Å². The summed E-state index contributed by atoms with van der Waals surface area (Å²) in [6, 6.07) is 0. The Kier molecular flexibility index (Phi) is 6.38. The summed E-state index contributed by atoms with van der Waals surface area (Å²) in [5.41, 5.74) is 0.289. The van der Waals surface area contributed by atoms with E-state index in [9.17, 15) is 0 Å². The third kappa shape index (κ3) is 4.70. The maximum Gasteiger partial charge on any atom is 0.0892 e. The van der Waals surface area contributed by atoms with Gasteiger partial charge in [-0.15, -0.1) is 0 Å². The van der Waals surface area contributed by atoms with Gasteiger partial charge in [0.15, 0.2) is 0 Å². The van der Waals surface area contributed by atoms with Gasteiger partial charge in [0.25, 0.3) is 0 Å². The topological polar surface area (TPSA) is 27.7 Å². The predicted octanol–water partition coefficient (Wildman–Crippen LogP) is 4.79. The Hall–Kier alpha value is -0.120. The van der Waals surface area contributed by atoms with E-state index in [2.05, 4.69) is 62.3 Å². The molecule has 3 heteroatoms.